The second kappa shape index (κ2) is 7.58. The Bertz CT molecular complexity index is 1190. The molecule has 10 nitrogen and oxygen atoms in total. The molecule has 0 N–H and O–H groups in total. The van der Waals surface area contributed by atoms with Crippen LogP contribution < -0.4 is 0 Å². The summed E-state index contributed by atoms with van der Waals surface area (Å²) in [6.45, 7) is 6.99. The van der Waals surface area contributed by atoms with Crippen molar-refractivity contribution in [2.24, 2.45) is 0 Å². The summed E-state index contributed by atoms with van der Waals surface area (Å²) in [6.07, 6.45) is 0. The Labute approximate surface area is 176 Å². The molecule has 0 aromatic carbocycles. The largest absolute Gasteiger partial charge is 0.338 e. The maximum absolute atomic E-state index is 12.9. The lowest BCUT2D eigenvalue weighted by Crippen LogP contribution is -2.48. The Morgan fingerprint density at radius 1 is 1.17 bits per heavy atom. The van der Waals surface area contributed by atoms with Gasteiger partial charge in [-0.15, -0.1) is 16.4 Å². The number of fused-ring (bicyclic) bond motifs is 1. The summed E-state index contributed by atoms with van der Waals surface area (Å²) < 4.78 is 6.99. The van der Waals surface area contributed by atoms with Gasteiger partial charge >= 0.3 is 0 Å². The number of aryl methyl sites for hydroxylation is 2. The van der Waals surface area contributed by atoms with E-state index in [9.17, 15) is 4.79 Å². The van der Waals surface area contributed by atoms with E-state index in [2.05, 4.69) is 30.1 Å². The first-order chi connectivity index (χ1) is 14.6. The molecule has 1 saturated heterocycles. The molecule has 0 aliphatic carbocycles. The Hall–Kier alpha value is -3.18. The predicted molar refractivity (Wildman–Crippen MR) is 109 cm³/mol. The molecule has 0 bridgehead atoms. The number of aromatic nitrogens is 6. The number of amides is 1. The van der Waals surface area contributed by atoms with Crippen LogP contribution in [0.2, 0.25) is 0 Å². The number of hydrogen-bond donors (Lipinski definition) is 0. The number of piperazine rings is 1. The topological polar surface area (TPSA) is 106 Å². The number of thiophene rings is 1. The Morgan fingerprint density at radius 3 is 2.77 bits per heavy atom. The van der Waals surface area contributed by atoms with Gasteiger partial charge in [0.25, 0.3) is 11.7 Å². The van der Waals surface area contributed by atoms with Gasteiger partial charge < -0.3 is 9.42 Å². The van der Waals surface area contributed by atoms with Crippen LogP contribution in [0.5, 0.6) is 0 Å². The third-order valence-electron chi connectivity index (χ3n) is 5.04. The van der Waals surface area contributed by atoms with Gasteiger partial charge in [-0.1, -0.05) is 11.2 Å². The molecule has 154 valence electrons. The molecular formula is C19H20N8O2S. The minimum Gasteiger partial charge on any atom is -0.338 e. The molecule has 1 aliphatic rings. The van der Waals surface area contributed by atoms with Crippen molar-refractivity contribution in [3.05, 3.63) is 46.7 Å². The molecule has 4 aromatic rings. The van der Waals surface area contributed by atoms with Crippen molar-refractivity contribution in [2.75, 3.05) is 26.2 Å². The predicted octanol–water partition coefficient (Wildman–Crippen LogP) is 1.81. The zero-order valence-electron chi connectivity index (χ0n) is 16.6. The van der Waals surface area contributed by atoms with Crippen molar-refractivity contribution >= 4 is 23.0 Å². The average Bonchev–Trinajstić information content (AvgIpc) is 3.48. The first-order valence-electron chi connectivity index (χ1n) is 9.66. The summed E-state index contributed by atoms with van der Waals surface area (Å²) >= 11 is 1.58. The van der Waals surface area contributed by atoms with Crippen molar-refractivity contribution in [3.63, 3.8) is 0 Å². The lowest BCUT2D eigenvalue weighted by molar-refractivity contribution is 0.0603. The van der Waals surface area contributed by atoms with E-state index in [0.29, 0.717) is 50.2 Å². The summed E-state index contributed by atoms with van der Waals surface area (Å²) in [4.78, 5) is 31.0. The molecule has 0 radical (unpaired) electrons. The lowest BCUT2D eigenvalue weighted by atomic mass is 10.3. The van der Waals surface area contributed by atoms with E-state index in [-0.39, 0.29) is 11.7 Å². The summed E-state index contributed by atoms with van der Waals surface area (Å²) in [5, 5.41) is 10.4. The van der Waals surface area contributed by atoms with Crippen molar-refractivity contribution in [1.29, 1.82) is 0 Å². The first kappa shape index (κ1) is 18.8. The molecule has 0 unspecified atom stereocenters. The van der Waals surface area contributed by atoms with Gasteiger partial charge in [0.2, 0.25) is 17.5 Å². The number of nitrogens with zero attached hydrogens (tertiary/aromatic N) is 8. The fourth-order valence-electron chi connectivity index (χ4n) is 3.52. The van der Waals surface area contributed by atoms with Crippen LogP contribution in [0.4, 0.5) is 0 Å². The molecule has 11 heteroatoms. The fourth-order valence-corrected chi connectivity index (χ4v) is 4.17. The summed E-state index contributed by atoms with van der Waals surface area (Å²) in [5.74, 6) is 1.66. The maximum Gasteiger partial charge on any atom is 0.293 e. The SMILES string of the molecule is Cc1cc(C)n2nc(C(=O)N3CCN(Cc4nc(-c5cccs5)no4)CC3)nc2n1. The van der Waals surface area contributed by atoms with E-state index < -0.39 is 0 Å². The Balaban J connectivity index is 1.22. The average molecular weight is 424 g/mol. The highest BCUT2D eigenvalue weighted by molar-refractivity contribution is 7.13. The van der Waals surface area contributed by atoms with Gasteiger partial charge in [0.15, 0.2) is 0 Å². The van der Waals surface area contributed by atoms with Crippen molar-refractivity contribution in [3.8, 4) is 10.7 Å². The minimum atomic E-state index is -0.171. The zero-order valence-corrected chi connectivity index (χ0v) is 17.5. The Kier molecular flexibility index (Phi) is 4.75. The fraction of sp³-hybridized carbons (Fsp3) is 0.368. The van der Waals surface area contributed by atoms with Gasteiger partial charge in [-0.2, -0.15) is 9.97 Å². The van der Waals surface area contributed by atoms with Crippen LogP contribution >= 0.6 is 11.3 Å². The third-order valence-corrected chi connectivity index (χ3v) is 5.90. The van der Waals surface area contributed by atoms with E-state index >= 15 is 0 Å². The normalized spacial score (nSPS) is 15.2. The molecule has 0 spiro atoms. The van der Waals surface area contributed by atoms with Crippen LogP contribution in [0.25, 0.3) is 16.5 Å². The molecule has 0 saturated carbocycles. The van der Waals surface area contributed by atoms with E-state index in [0.717, 1.165) is 16.3 Å². The molecule has 5 rings (SSSR count). The van der Waals surface area contributed by atoms with Gasteiger partial charge in [0.1, 0.15) is 0 Å². The molecule has 1 amide bonds. The number of carbonyl (C=O) groups is 1. The van der Waals surface area contributed by atoms with E-state index in [1.54, 1.807) is 20.8 Å². The number of rotatable bonds is 4. The molecule has 30 heavy (non-hydrogen) atoms. The summed E-state index contributed by atoms with van der Waals surface area (Å²) in [6, 6.07) is 5.84. The molecule has 4 aromatic heterocycles. The third kappa shape index (κ3) is 3.57. The van der Waals surface area contributed by atoms with Crippen molar-refractivity contribution in [2.45, 2.75) is 20.4 Å². The smallest absolute Gasteiger partial charge is 0.293 e. The van der Waals surface area contributed by atoms with Crippen LogP contribution in [0.1, 0.15) is 27.9 Å². The van der Waals surface area contributed by atoms with Crippen LogP contribution in [-0.4, -0.2) is 71.6 Å². The first-order valence-corrected chi connectivity index (χ1v) is 10.5. The van der Waals surface area contributed by atoms with Gasteiger partial charge in [-0.05, 0) is 31.4 Å². The van der Waals surface area contributed by atoms with Crippen LogP contribution in [0.3, 0.4) is 0 Å². The zero-order chi connectivity index (χ0) is 20.7. The highest BCUT2D eigenvalue weighted by atomic mass is 32.1. The van der Waals surface area contributed by atoms with Gasteiger partial charge in [-0.3, -0.25) is 9.69 Å². The summed E-state index contributed by atoms with van der Waals surface area (Å²) in [7, 11) is 0. The Morgan fingerprint density at radius 2 is 2.00 bits per heavy atom. The van der Waals surface area contributed by atoms with Crippen molar-refractivity contribution in [1.82, 2.24) is 39.5 Å². The second-order valence-electron chi connectivity index (χ2n) is 7.24. The van der Waals surface area contributed by atoms with Crippen molar-refractivity contribution < 1.29 is 9.32 Å². The molecule has 1 fully saturated rings. The molecule has 0 atom stereocenters. The van der Waals surface area contributed by atoms with Gasteiger partial charge in [0.05, 0.1) is 11.4 Å². The number of carbonyl (C=O) groups excluding carboxylic acids is 1. The monoisotopic (exact) mass is 424 g/mol. The van der Waals surface area contributed by atoms with Gasteiger partial charge in [0, 0.05) is 37.6 Å². The lowest BCUT2D eigenvalue weighted by Gasteiger charge is -2.33. The van der Waals surface area contributed by atoms with E-state index in [1.807, 2.05) is 37.4 Å². The quantitative estimate of drug-likeness (QED) is 0.488. The maximum atomic E-state index is 12.9. The van der Waals surface area contributed by atoms with Crippen LogP contribution in [0.15, 0.2) is 28.1 Å². The summed E-state index contributed by atoms with van der Waals surface area (Å²) in [5.41, 5.74) is 1.75. The standard InChI is InChI=1S/C19H20N8O2S/c1-12-10-13(2)27-19(20-12)22-17(23-27)18(28)26-7-5-25(6-8-26)11-15-21-16(24-29-15)14-4-3-9-30-14/h3-4,9-10H,5-8,11H2,1-2H3. The second-order valence-corrected chi connectivity index (χ2v) is 8.19. The van der Waals surface area contributed by atoms with Crippen LogP contribution in [-0.2, 0) is 6.54 Å². The minimum absolute atomic E-state index is 0.171. The van der Waals surface area contributed by atoms with Gasteiger partial charge in [-0.25, -0.2) is 9.50 Å². The molecular weight excluding hydrogens is 404 g/mol. The van der Waals surface area contributed by atoms with E-state index in [1.165, 1.54) is 0 Å². The molecule has 5 heterocycles. The molecule has 1 aliphatic heterocycles. The highest BCUT2D eigenvalue weighted by Crippen LogP contribution is 2.21. The van der Waals surface area contributed by atoms with Crippen LogP contribution in [0, 0.1) is 13.8 Å². The van der Waals surface area contributed by atoms with E-state index in [4.69, 9.17) is 4.52 Å². The highest BCUT2D eigenvalue weighted by Gasteiger charge is 2.26. The number of hydrogen-bond acceptors (Lipinski definition) is 9.